The third kappa shape index (κ3) is 5.37. The van der Waals surface area contributed by atoms with Gasteiger partial charge in [-0.15, -0.1) is 0 Å². The number of nitrogens with zero attached hydrogens (tertiary/aromatic N) is 2. The second kappa shape index (κ2) is 8.77. The van der Waals surface area contributed by atoms with E-state index in [9.17, 15) is 13.2 Å². The minimum absolute atomic E-state index is 0.0633. The van der Waals surface area contributed by atoms with Gasteiger partial charge in [0.25, 0.3) is 0 Å². The van der Waals surface area contributed by atoms with Gasteiger partial charge in [0.05, 0.1) is 18.7 Å². The first kappa shape index (κ1) is 20.6. The highest BCUT2D eigenvalue weighted by molar-refractivity contribution is 7.86. The number of oxime groups is 1. The number of benzene rings is 1. The molecule has 0 N–H and O–H groups in total. The number of esters is 1. The Hall–Kier alpha value is -2.74. The molecule has 27 heavy (non-hydrogen) atoms. The fourth-order valence-electron chi connectivity index (χ4n) is 2.74. The average Bonchev–Trinajstić information content (AvgIpc) is 2.58. The number of carbonyl (C=O) groups excluding carboxylic acids is 1. The normalized spacial score (nSPS) is 11.9. The summed E-state index contributed by atoms with van der Waals surface area (Å²) < 4.78 is 35.2. The van der Waals surface area contributed by atoms with Gasteiger partial charge in [-0.1, -0.05) is 28.9 Å². The summed E-state index contributed by atoms with van der Waals surface area (Å²) in [5, 5.41) is 3.73. The highest BCUT2D eigenvalue weighted by Crippen LogP contribution is 2.24. The maximum Gasteiger partial charge on any atom is 0.359 e. The van der Waals surface area contributed by atoms with Crippen LogP contribution in [0.4, 0.5) is 0 Å². The molecule has 0 aliphatic rings. The summed E-state index contributed by atoms with van der Waals surface area (Å²) in [5.74, 6) is -0.550. The summed E-state index contributed by atoms with van der Waals surface area (Å²) in [5.41, 5.74) is 2.47. The van der Waals surface area contributed by atoms with Crippen LogP contribution in [-0.2, 0) is 23.9 Å². The van der Waals surface area contributed by atoms with Crippen LogP contribution in [0.2, 0.25) is 0 Å². The lowest BCUT2D eigenvalue weighted by molar-refractivity contribution is -0.141. The van der Waals surface area contributed by atoms with E-state index < -0.39 is 16.1 Å². The first-order chi connectivity index (χ1) is 12.7. The second-order valence-corrected chi connectivity index (χ2v) is 7.46. The van der Waals surface area contributed by atoms with Gasteiger partial charge in [-0.05, 0) is 51.0 Å². The lowest BCUT2D eigenvalue weighted by atomic mass is 10.1. The summed E-state index contributed by atoms with van der Waals surface area (Å²) in [6.07, 6.45) is 1.25. The van der Waals surface area contributed by atoms with Gasteiger partial charge in [0.2, 0.25) is 0 Å². The van der Waals surface area contributed by atoms with Gasteiger partial charge < -0.3 is 4.74 Å². The molecule has 0 aliphatic heterocycles. The predicted octanol–water partition coefficient (Wildman–Crippen LogP) is 3.07. The van der Waals surface area contributed by atoms with Crippen molar-refractivity contribution in [3.05, 3.63) is 58.9 Å². The predicted molar refractivity (Wildman–Crippen MR) is 101 cm³/mol. The number of hydrogen-bond acceptors (Lipinski definition) is 7. The van der Waals surface area contributed by atoms with Crippen LogP contribution in [0.25, 0.3) is 0 Å². The van der Waals surface area contributed by atoms with Gasteiger partial charge in [0, 0.05) is 6.20 Å². The van der Waals surface area contributed by atoms with Gasteiger partial charge in [-0.25, -0.2) is 0 Å². The number of ether oxygens (including phenoxy) is 1. The number of rotatable bonds is 7. The molecule has 8 heteroatoms. The number of carbonyl (C=O) groups is 1. The minimum Gasteiger partial charge on any atom is -0.466 e. The van der Waals surface area contributed by atoms with E-state index >= 15 is 0 Å². The van der Waals surface area contributed by atoms with E-state index in [-0.39, 0.29) is 23.6 Å². The molecule has 7 nitrogen and oxygen atoms in total. The molecule has 0 atom stereocenters. The smallest absolute Gasteiger partial charge is 0.359 e. The molecule has 1 aromatic carbocycles. The Labute approximate surface area is 159 Å². The SMILES string of the molecule is CCOC(=O)C/C(=N/OS(=O)(=O)c1c(C)cc(C)cc1C)c1ccccn1. The molecule has 0 saturated heterocycles. The molecule has 144 valence electrons. The second-order valence-electron chi connectivity index (χ2n) is 5.99. The summed E-state index contributed by atoms with van der Waals surface area (Å²) in [4.78, 5) is 16.0. The summed E-state index contributed by atoms with van der Waals surface area (Å²) >= 11 is 0. The van der Waals surface area contributed by atoms with Crippen molar-refractivity contribution in [3.8, 4) is 0 Å². The highest BCUT2D eigenvalue weighted by atomic mass is 32.2. The van der Waals surface area contributed by atoms with E-state index in [0.717, 1.165) is 5.56 Å². The van der Waals surface area contributed by atoms with Crippen molar-refractivity contribution < 1.29 is 22.2 Å². The molecule has 1 heterocycles. The number of aryl methyl sites for hydroxylation is 3. The van der Waals surface area contributed by atoms with Gasteiger partial charge in [-0.3, -0.25) is 14.1 Å². The maximum absolute atomic E-state index is 12.7. The third-order valence-corrected chi connectivity index (χ3v) is 5.09. The van der Waals surface area contributed by atoms with Crippen LogP contribution in [-0.4, -0.2) is 31.7 Å². The van der Waals surface area contributed by atoms with Crippen molar-refractivity contribution in [1.82, 2.24) is 4.98 Å². The number of hydrogen-bond donors (Lipinski definition) is 0. The molecule has 1 aromatic heterocycles. The standard InChI is InChI=1S/C19H22N2O5S/c1-5-25-18(22)12-17(16-8-6-7-9-20-16)21-26-27(23,24)19-14(3)10-13(2)11-15(19)4/h6-11H,5,12H2,1-4H3/b21-17-. The highest BCUT2D eigenvalue weighted by Gasteiger charge is 2.23. The van der Waals surface area contributed by atoms with Crippen molar-refractivity contribution in [2.24, 2.45) is 5.16 Å². The molecule has 0 saturated carbocycles. The fourth-order valence-corrected chi connectivity index (χ4v) is 3.91. The molecule has 0 spiro atoms. The lowest BCUT2D eigenvalue weighted by Gasteiger charge is -2.11. The van der Waals surface area contributed by atoms with Crippen LogP contribution in [0.5, 0.6) is 0 Å². The molecular weight excluding hydrogens is 368 g/mol. The average molecular weight is 390 g/mol. The minimum atomic E-state index is -4.16. The molecule has 0 fully saturated rings. The summed E-state index contributed by atoms with van der Waals surface area (Å²) in [7, 11) is -4.16. The Morgan fingerprint density at radius 3 is 2.37 bits per heavy atom. The Morgan fingerprint density at radius 2 is 1.81 bits per heavy atom. The number of aromatic nitrogens is 1. The van der Waals surface area contributed by atoms with E-state index in [0.29, 0.717) is 16.8 Å². The molecule has 0 radical (unpaired) electrons. The first-order valence-corrected chi connectivity index (χ1v) is 9.80. The van der Waals surface area contributed by atoms with E-state index in [1.54, 1.807) is 51.1 Å². The van der Waals surface area contributed by atoms with Gasteiger partial charge in [0.15, 0.2) is 0 Å². The van der Waals surface area contributed by atoms with E-state index in [4.69, 9.17) is 9.02 Å². The summed E-state index contributed by atoms with van der Waals surface area (Å²) in [6.45, 7) is 7.15. The topological polar surface area (TPSA) is 94.9 Å². The largest absolute Gasteiger partial charge is 0.466 e. The molecule has 2 rings (SSSR count). The monoisotopic (exact) mass is 390 g/mol. The Kier molecular flexibility index (Phi) is 6.68. The van der Waals surface area contributed by atoms with Crippen molar-refractivity contribution >= 4 is 21.8 Å². The van der Waals surface area contributed by atoms with Gasteiger partial charge in [-0.2, -0.15) is 8.42 Å². The molecule has 0 amide bonds. The fraction of sp³-hybridized carbons (Fsp3) is 0.316. The van der Waals surface area contributed by atoms with Gasteiger partial charge in [0.1, 0.15) is 10.6 Å². The summed E-state index contributed by atoms with van der Waals surface area (Å²) in [6, 6.07) is 8.51. The first-order valence-electron chi connectivity index (χ1n) is 8.40. The lowest BCUT2D eigenvalue weighted by Crippen LogP contribution is -2.15. The molecule has 0 aliphatic carbocycles. The zero-order valence-electron chi connectivity index (χ0n) is 15.7. The van der Waals surface area contributed by atoms with E-state index in [2.05, 4.69) is 10.1 Å². The molecular formula is C19H22N2O5S. The van der Waals surface area contributed by atoms with Crippen LogP contribution in [0, 0.1) is 20.8 Å². The Balaban J connectivity index is 2.38. The zero-order chi connectivity index (χ0) is 20.0. The van der Waals surface area contributed by atoms with E-state index in [1.165, 1.54) is 6.20 Å². The van der Waals surface area contributed by atoms with Gasteiger partial charge >= 0.3 is 16.1 Å². The zero-order valence-corrected chi connectivity index (χ0v) is 16.5. The van der Waals surface area contributed by atoms with Crippen LogP contribution < -0.4 is 0 Å². The maximum atomic E-state index is 12.7. The van der Waals surface area contributed by atoms with Crippen LogP contribution in [0.1, 0.15) is 35.7 Å². The van der Waals surface area contributed by atoms with Crippen LogP contribution in [0.15, 0.2) is 46.6 Å². The molecule has 0 unspecified atom stereocenters. The quantitative estimate of drug-likeness (QED) is 0.410. The number of pyridine rings is 1. The van der Waals surface area contributed by atoms with Crippen LogP contribution >= 0.6 is 0 Å². The molecule has 0 bridgehead atoms. The van der Waals surface area contributed by atoms with Crippen molar-refractivity contribution in [1.29, 1.82) is 0 Å². The Morgan fingerprint density at radius 1 is 1.15 bits per heavy atom. The van der Waals surface area contributed by atoms with Crippen molar-refractivity contribution in [2.45, 2.75) is 39.0 Å². The van der Waals surface area contributed by atoms with Crippen molar-refractivity contribution in [2.75, 3.05) is 6.61 Å². The Bertz CT molecular complexity index is 930. The van der Waals surface area contributed by atoms with E-state index in [1.807, 2.05) is 6.92 Å². The van der Waals surface area contributed by atoms with Crippen LogP contribution in [0.3, 0.4) is 0 Å². The third-order valence-electron chi connectivity index (χ3n) is 3.68. The van der Waals surface area contributed by atoms with Crippen molar-refractivity contribution in [3.63, 3.8) is 0 Å². The molecule has 2 aromatic rings.